The first-order valence-corrected chi connectivity index (χ1v) is 8.48. The van der Waals surface area contributed by atoms with Crippen LogP contribution in [0.2, 0.25) is 5.02 Å². The lowest BCUT2D eigenvalue weighted by Crippen LogP contribution is -2.17. The van der Waals surface area contributed by atoms with Crippen LogP contribution >= 0.6 is 22.9 Å². The number of benzene rings is 2. The summed E-state index contributed by atoms with van der Waals surface area (Å²) in [6.45, 7) is 0. The molecule has 0 saturated carbocycles. The Bertz CT molecular complexity index is 1210. The zero-order valence-electron chi connectivity index (χ0n) is 12.5. The van der Waals surface area contributed by atoms with Crippen molar-refractivity contribution in [2.75, 3.05) is 0 Å². The average Bonchev–Trinajstić information content (AvgIpc) is 3.02. The molecule has 25 heavy (non-hydrogen) atoms. The molecule has 4 nitrogen and oxygen atoms in total. The molecule has 124 valence electrons. The normalized spacial score (nSPS) is 11.3. The summed E-state index contributed by atoms with van der Waals surface area (Å²) in [5.74, 6) is -2.11. The predicted octanol–water partition coefficient (Wildman–Crippen LogP) is 4.67. The fraction of sp³-hybridized carbons (Fsp3) is 0. The average molecular weight is 374 g/mol. The Hall–Kier alpha value is -2.70. The third-order valence-corrected chi connectivity index (χ3v) is 5.22. The van der Waals surface area contributed by atoms with E-state index in [1.807, 2.05) is 30.3 Å². The summed E-state index contributed by atoms with van der Waals surface area (Å²) < 4.78 is 15.5. The second-order valence-corrected chi connectivity index (χ2v) is 6.69. The number of hydrogen-bond donors (Lipinski definition) is 1. The molecule has 0 fully saturated rings. The lowest BCUT2D eigenvalue weighted by Gasteiger charge is -2.10. The largest absolute Gasteiger partial charge is 0.477 e. The maximum absolute atomic E-state index is 13.9. The second kappa shape index (κ2) is 5.68. The van der Waals surface area contributed by atoms with Crippen molar-refractivity contribution < 1.29 is 14.3 Å². The molecule has 0 spiro atoms. The summed E-state index contributed by atoms with van der Waals surface area (Å²) in [7, 11) is 0. The van der Waals surface area contributed by atoms with Gasteiger partial charge in [0.15, 0.2) is 0 Å². The van der Waals surface area contributed by atoms with Crippen LogP contribution in [0.15, 0.2) is 52.6 Å². The minimum absolute atomic E-state index is 0.0209. The van der Waals surface area contributed by atoms with Crippen LogP contribution in [0, 0.1) is 5.82 Å². The fourth-order valence-corrected chi connectivity index (χ4v) is 4.09. The lowest BCUT2D eigenvalue weighted by atomic mass is 10.1. The van der Waals surface area contributed by atoms with Gasteiger partial charge in [0.05, 0.1) is 21.6 Å². The molecular formula is C18H9ClFNO3S. The smallest absolute Gasteiger partial charge is 0.342 e. The standard InChI is InChI=1S/C18H9ClFNO3S/c19-11-7-13-10(6-12(11)20)16(22)15(18(23)24)17-21(13)14(8-25-17)9-4-2-1-3-5-9/h1-8H,(H,23,24). The van der Waals surface area contributed by atoms with Crippen molar-refractivity contribution in [1.82, 2.24) is 4.40 Å². The highest BCUT2D eigenvalue weighted by atomic mass is 35.5. The number of rotatable bonds is 2. The van der Waals surface area contributed by atoms with E-state index in [1.165, 1.54) is 6.07 Å². The lowest BCUT2D eigenvalue weighted by molar-refractivity contribution is 0.0697. The van der Waals surface area contributed by atoms with Gasteiger partial charge in [-0.2, -0.15) is 0 Å². The van der Waals surface area contributed by atoms with Crippen LogP contribution in [0.5, 0.6) is 0 Å². The Morgan fingerprint density at radius 3 is 2.60 bits per heavy atom. The Balaban J connectivity index is 2.28. The van der Waals surface area contributed by atoms with Crippen LogP contribution < -0.4 is 5.43 Å². The van der Waals surface area contributed by atoms with Gasteiger partial charge in [-0.15, -0.1) is 11.3 Å². The van der Waals surface area contributed by atoms with Crippen molar-refractivity contribution in [3.05, 3.63) is 74.5 Å². The minimum Gasteiger partial charge on any atom is -0.477 e. The highest BCUT2D eigenvalue weighted by Gasteiger charge is 2.22. The number of carboxylic acids is 1. The summed E-state index contributed by atoms with van der Waals surface area (Å²) in [5, 5.41) is 11.1. The summed E-state index contributed by atoms with van der Waals surface area (Å²) >= 11 is 7.05. The van der Waals surface area contributed by atoms with Crippen LogP contribution in [-0.2, 0) is 0 Å². The van der Waals surface area contributed by atoms with Crippen LogP contribution in [0.1, 0.15) is 10.4 Å². The number of thiazole rings is 1. The number of carboxylic acid groups (broad SMARTS) is 1. The molecule has 7 heteroatoms. The Kier molecular flexibility index (Phi) is 3.59. The molecule has 0 saturated heterocycles. The Morgan fingerprint density at radius 1 is 1.20 bits per heavy atom. The topological polar surface area (TPSA) is 58.8 Å². The van der Waals surface area contributed by atoms with E-state index in [0.29, 0.717) is 11.2 Å². The van der Waals surface area contributed by atoms with Crippen molar-refractivity contribution in [2.45, 2.75) is 0 Å². The van der Waals surface area contributed by atoms with E-state index in [4.69, 9.17) is 11.6 Å². The monoisotopic (exact) mass is 373 g/mol. The highest BCUT2D eigenvalue weighted by molar-refractivity contribution is 7.16. The van der Waals surface area contributed by atoms with Gasteiger partial charge in [-0.1, -0.05) is 41.9 Å². The SMILES string of the molecule is O=C(O)c1c(=O)c2cc(F)c(Cl)cc2n2c(-c3ccccc3)csc12. The number of halogens is 2. The molecule has 0 bridgehead atoms. The quantitative estimate of drug-likeness (QED) is 0.555. The van der Waals surface area contributed by atoms with Gasteiger partial charge in [-0.3, -0.25) is 9.20 Å². The molecule has 0 aliphatic carbocycles. The van der Waals surface area contributed by atoms with Crippen molar-refractivity contribution in [2.24, 2.45) is 0 Å². The van der Waals surface area contributed by atoms with Crippen LogP contribution in [0.25, 0.3) is 27.0 Å². The van der Waals surface area contributed by atoms with Crippen LogP contribution in [0.3, 0.4) is 0 Å². The van der Waals surface area contributed by atoms with Crippen LogP contribution in [-0.4, -0.2) is 15.5 Å². The Morgan fingerprint density at radius 2 is 1.92 bits per heavy atom. The van der Waals surface area contributed by atoms with Crippen molar-refractivity contribution >= 4 is 44.6 Å². The fourth-order valence-electron chi connectivity index (χ4n) is 2.87. The number of nitrogens with zero attached hydrogens (tertiary/aromatic N) is 1. The maximum atomic E-state index is 13.9. The summed E-state index contributed by atoms with van der Waals surface area (Å²) in [5.41, 5.74) is 0.823. The molecule has 1 N–H and O–H groups in total. The number of aromatic nitrogens is 1. The molecule has 0 radical (unpaired) electrons. The number of pyridine rings is 1. The highest BCUT2D eigenvalue weighted by Crippen LogP contribution is 2.32. The van der Waals surface area contributed by atoms with Gasteiger partial charge < -0.3 is 5.11 Å². The third-order valence-electron chi connectivity index (χ3n) is 3.97. The van der Waals surface area contributed by atoms with Crippen LogP contribution in [0.4, 0.5) is 4.39 Å². The molecule has 2 heterocycles. The van der Waals surface area contributed by atoms with E-state index < -0.39 is 17.2 Å². The molecule has 4 rings (SSSR count). The molecule has 0 unspecified atom stereocenters. The van der Waals surface area contributed by atoms with Crippen molar-refractivity contribution in [3.63, 3.8) is 0 Å². The summed E-state index contributed by atoms with van der Waals surface area (Å²) in [6, 6.07) is 11.7. The van der Waals surface area contributed by atoms with E-state index in [0.717, 1.165) is 23.0 Å². The summed E-state index contributed by atoms with van der Waals surface area (Å²) in [6.07, 6.45) is 0. The number of aromatic carboxylic acids is 1. The van der Waals surface area contributed by atoms with E-state index in [-0.39, 0.29) is 20.8 Å². The number of hydrogen-bond acceptors (Lipinski definition) is 3. The van der Waals surface area contributed by atoms with E-state index >= 15 is 0 Å². The molecule has 0 amide bonds. The molecule has 2 aromatic heterocycles. The third kappa shape index (κ3) is 2.33. The zero-order chi connectivity index (χ0) is 17.7. The van der Waals surface area contributed by atoms with Gasteiger partial charge >= 0.3 is 5.97 Å². The van der Waals surface area contributed by atoms with E-state index in [2.05, 4.69) is 0 Å². The van der Waals surface area contributed by atoms with Gasteiger partial charge in [-0.05, 0) is 17.7 Å². The molecule has 0 aliphatic heterocycles. The van der Waals surface area contributed by atoms with Gasteiger partial charge in [0.25, 0.3) is 0 Å². The maximum Gasteiger partial charge on any atom is 0.342 e. The number of carbonyl (C=O) groups is 1. The van der Waals surface area contributed by atoms with Gasteiger partial charge in [-0.25, -0.2) is 9.18 Å². The molecule has 0 atom stereocenters. The molecule has 2 aromatic carbocycles. The van der Waals surface area contributed by atoms with Gasteiger partial charge in [0, 0.05) is 5.38 Å². The zero-order valence-corrected chi connectivity index (χ0v) is 14.1. The molecular weight excluding hydrogens is 365 g/mol. The van der Waals surface area contributed by atoms with E-state index in [9.17, 15) is 19.1 Å². The van der Waals surface area contributed by atoms with Crippen molar-refractivity contribution in [1.29, 1.82) is 0 Å². The van der Waals surface area contributed by atoms with E-state index in [1.54, 1.807) is 9.78 Å². The molecule has 4 aromatic rings. The number of fused-ring (bicyclic) bond motifs is 3. The first-order chi connectivity index (χ1) is 12.0. The first kappa shape index (κ1) is 15.8. The molecule has 0 aliphatic rings. The predicted molar refractivity (Wildman–Crippen MR) is 96.4 cm³/mol. The first-order valence-electron chi connectivity index (χ1n) is 7.22. The Labute approximate surface area is 149 Å². The van der Waals surface area contributed by atoms with Gasteiger partial charge in [0.1, 0.15) is 16.2 Å². The second-order valence-electron chi connectivity index (χ2n) is 5.42. The minimum atomic E-state index is -1.35. The van der Waals surface area contributed by atoms with Gasteiger partial charge in [0.2, 0.25) is 5.43 Å². The van der Waals surface area contributed by atoms with Crippen molar-refractivity contribution in [3.8, 4) is 11.3 Å². The summed E-state index contributed by atoms with van der Waals surface area (Å²) in [4.78, 5) is 24.5.